The number of rotatable bonds is 7. The van der Waals surface area contributed by atoms with Crippen LogP contribution in [0.5, 0.6) is 0 Å². The molecule has 1 atom stereocenters. The first-order valence-corrected chi connectivity index (χ1v) is 13.7. The summed E-state index contributed by atoms with van der Waals surface area (Å²) in [6.45, 7) is 5.27. The fourth-order valence-corrected chi connectivity index (χ4v) is 6.27. The average Bonchev–Trinajstić information content (AvgIpc) is 2.83. The summed E-state index contributed by atoms with van der Waals surface area (Å²) in [4.78, 5) is 13.3. The molecule has 4 rings (SSSR count). The number of amides is 1. The Kier molecular flexibility index (Phi) is 7.53. The third kappa shape index (κ3) is 5.71. The van der Waals surface area contributed by atoms with Crippen molar-refractivity contribution in [1.82, 2.24) is 5.32 Å². The van der Waals surface area contributed by atoms with Crippen LogP contribution < -0.4 is 9.62 Å². The van der Waals surface area contributed by atoms with Crippen molar-refractivity contribution >= 4 is 33.2 Å². The second-order valence-corrected chi connectivity index (χ2v) is 11.6. The van der Waals surface area contributed by atoms with Crippen molar-refractivity contribution in [3.05, 3.63) is 93.5 Å². The number of aryl methyl sites for hydroxylation is 4. The number of halogens is 1. The van der Waals surface area contributed by atoms with Crippen molar-refractivity contribution in [3.63, 3.8) is 0 Å². The Bertz CT molecular complexity index is 1340. The predicted molar refractivity (Wildman–Crippen MR) is 142 cm³/mol. The topological polar surface area (TPSA) is 66.5 Å². The predicted octanol–water partition coefficient (Wildman–Crippen LogP) is 5.91. The lowest BCUT2D eigenvalue weighted by atomic mass is 9.89. The van der Waals surface area contributed by atoms with E-state index in [2.05, 4.69) is 23.5 Å². The Hall–Kier alpha value is -2.83. The lowest BCUT2D eigenvalue weighted by Gasteiger charge is -2.27. The number of nitrogens with zero attached hydrogens (tertiary/aromatic N) is 1. The molecular weight excluding hydrogens is 480 g/mol. The Labute approximate surface area is 213 Å². The average molecular weight is 511 g/mol. The van der Waals surface area contributed by atoms with E-state index >= 15 is 0 Å². The maximum Gasteiger partial charge on any atom is 0.264 e. The summed E-state index contributed by atoms with van der Waals surface area (Å²) in [6.07, 6.45) is 4.56. The highest BCUT2D eigenvalue weighted by atomic mass is 35.5. The SMILES string of the molecule is Cc1ccc(S(=O)(=O)N(CC(=O)N[C@@H](C)c2ccc3c(c2)CCCC3)c2ccc(Cl)cc2C)cc1. The minimum Gasteiger partial charge on any atom is -0.348 e. The molecule has 7 heteroatoms. The largest absolute Gasteiger partial charge is 0.348 e. The third-order valence-corrected chi connectivity index (χ3v) is 8.58. The van der Waals surface area contributed by atoms with Crippen LogP contribution in [-0.2, 0) is 27.7 Å². The summed E-state index contributed by atoms with van der Waals surface area (Å²) >= 11 is 6.12. The van der Waals surface area contributed by atoms with E-state index < -0.39 is 10.0 Å². The summed E-state index contributed by atoms with van der Waals surface area (Å²) < 4.78 is 28.5. The van der Waals surface area contributed by atoms with Gasteiger partial charge < -0.3 is 5.32 Å². The van der Waals surface area contributed by atoms with Gasteiger partial charge in [-0.05, 0) is 99.0 Å². The molecule has 0 radical (unpaired) electrons. The quantitative estimate of drug-likeness (QED) is 0.429. The number of nitrogens with one attached hydrogen (secondary N) is 1. The van der Waals surface area contributed by atoms with Crippen molar-refractivity contribution in [1.29, 1.82) is 0 Å². The normalized spacial score (nSPS) is 14.2. The van der Waals surface area contributed by atoms with E-state index in [9.17, 15) is 13.2 Å². The number of benzene rings is 3. The molecule has 0 fully saturated rings. The Morgan fingerprint density at radius 2 is 1.66 bits per heavy atom. The van der Waals surface area contributed by atoms with E-state index in [1.54, 1.807) is 49.4 Å². The highest BCUT2D eigenvalue weighted by Crippen LogP contribution is 2.29. The number of anilines is 1. The van der Waals surface area contributed by atoms with Gasteiger partial charge in [0.2, 0.25) is 5.91 Å². The highest BCUT2D eigenvalue weighted by Gasteiger charge is 2.29. The summed E-state index contributed by atoms with van der Waals surface area (Å²) in [5.74, 6) is -0.375. The van der Waals surface area contributed by atoms with Crippen LogP contribution in [0.25, 0.3) is 0 Å². The molecule has 0 saturated heterocycles. The summed E-state index contributed by atoms with van der Waals surface area (Å²) in [5.41, 5.74) is 5.79. The van der Waals surface area contributed by atoms with Crippen LogP contribution in [0.4, 0.5) is 5.69 Å². The molecule has 1 N–H and O–H groups in total. The van der Waals surface area contributed by atoms with E-state index in [-0.39, 0.29) is 23.4 Å². The maximum absolute atomic E-state index is 13.6. The molecule has 0 heterocycles. The first-order valence-electron chi connectivity index (χ1n) is 11.9. The van der Waals surface area contributed by atoms with Gasteiger partial charge in [-0.25, -0.2) is 8.42 Å². The highest BCUT2D eigenvalue weighted by molar-refractivity contribution is 7.92. The molecule has 5 nitrogen and oxygen atoms in total. The van der Waals surface area contributed by atoms with Gasteiger partial charge in [0.15, 0.2) is 0 Å². The summed E-state index contributed by atoms with van der Waals surface area (Å²) in [6, 6.07) is 17.7. The summed E-state index contributed by atoms with van der Waals surface area (Å²) in [7, 11) is -3.98. The molecule has 1 aliphatic carbocycles. The van der Waals surface area contributed by atoms with Crippen molar-refractivity contribution in [2.45, 2.75) is 57.4 Å². The Morgan fingerprint density at radius 3 is 2.34 bits per heavy atom. The second kappa shape index (κ2) is 10.4. The number of sulfonamides is 1. The molecule has 1 amide bonds. The molecule has 184 valence electrons. The fourth-order valence-electron chi connectivity index (χ4n) is 4.56. The molecule has 0 unspecified atom stereocenters. The van der Waals surface area contributed by atoms with Gasteiger partial charge in [0.05, 0.1) is 16.6 Å². The van der Waals surface area contributed by atoms with Gasteiger partial charge in [-0.1, -0.05) is 47.5 Å². The van der Waals surface area contributed by atoms with Gasteiger partial charge in [0, 0.05) is 5.02 Å². The summed E-state index contributed by atoms with van der Waals surface area (Å²) in [5, 5.41) is 3.50. The van der Waals surface area contributed by atoms with Crippen LogP contribution in [0.3, 0.4) is 0 Å². The minimum absolute atomic E-state index is 0.132. The van der Waals surface area contributed by atoms with Crippen molar-refractivity contribution in [2.75, 3.05) is 10.8 Å². The lowest BCUT2D eigenvalue weighted by molar-refractivity contribution is -0.120. The first kappa shape index (κ1) is 25.3. The van der Waals surface area contributed by atoms with Gasteiger partial charge in [-0.3, -0.25) is 9.10 Å². The zero-order chi connectivity index (χ0) is 25.2. The first-order chi connectivity index (χ1) is 16.6. The Balaban J connectivity index is 1.60. The van der Waals surface area contributed by atoms with Gasteiger partial charge >= 0.3 is 0 Å². The minimum atomic E-state index is -3.98. The molecule has 3 aromatic rings. The van der Waals surface area contributed by atoms with E-state index in [1.807, 2.05) is 13.8 Å². The third-order valence-electron chi connectivity index (χ3n) is 6.57. The number of carbonyl (C=O) groups is 1. The molecule has 1 aliphatic rings. The second-order valence-electron chi connectivity index (χ2n) is 9.28. The molecule has 0 aromatic heterocycles. The van der Waals surface area contributed by atoms with Gasteiger partial charge in [0.1, 0.15) is 6.54 Å². The van der Waals surface area contributed by atoms with Crippen molar-refractivity contribution < 1.29 is 13.2 Å². The van der Waals surface area contributed by atoms with Gasteiger partial charge in [0.25, 0.3) is 10.0 Å². The van der Waals surface area contributed by atoms with Crippen LogP contribution in [0.1, 0.15) is 53.6 Å². The van der Waals surface area contributed by atoms with Gasteiger partial charge in [-0.15, -0.1) is 0 Å². The van der Waals surface area contributed by atoms with E-state index in [0.29, 0.717) is 16.3 Å². The molecule has 0 aliphatic heterocycles. The van der Waals surface area contributed by atoms with E-state index in [1.165, 1.54) is 24.0 Å². The molecule has 0 spiro atoms. The lowest BCUT2D eigenvalue weighted by Crippen LogP contribution is -2.42. The molecule has 35 heavy (non-hydrogen) atoms. The van der Waals surface area contributed by atoms with Gasteiger partial charge in [-0.2, -0.15) is 0 Å². The van der Waals surface area contributed by atoms with Crippen LogP contribution in [0.15, 0.2) is 65.6 Å². The Morgan fingerprint density at radius 1 is 0.971 bits per heavy atom. The standard InChI is InChI=1S/C28H31ClN2O3S/c1-19-8-13-26(14-9-19)35(33,34)31(27-15-12-25(29)16-20(27)2)18-28(32)30-21(3)23-11-10-22-6-4-5-7-24(22)17-23/h8-17,21H,4-7,18H2,1-3H3,(H,30,32)/t21-/m0/s1. The zero-order valence-corrected chi connectivity index (χ0v) is 21.9. The number of hydrogen-bond acceptors (Lipinski definition) is 3. The number of hydrogen-bond donors (Lipinski definition) is 1. The maximum atomic E-state index is 13.6. The van der Waals surface area contributed by atoms with E-state index in [4.69, 9.17) is 11.6 Å². The van der Waals surface area contributed by atoms with Crippen LogP contribution >= 0.6 is 11.6 Å². The monoisotopic (exact) mass is 510 g/mol. The van der Waals surface area contributed by atoms with Crippen molar-refractivity contribution in [3.8, 4) is 0 Å². The molecule has 3 aromatic carbocycles. The fraction of sp³-hybridized carbons (Fsp3) is 0.321. The molecule has 0 saturated carbocycles. The number of carbonyl (C=O) groups excluding carboxylic acids is 1. The van der Waals surface area contributed by atoms with Crippen LogP contribution in [-0.4, -0.2) is 20.9 Å². The van der Waals surface area contributed by atoms with Crippen LogP contribution in [0, 0.1) is 13.8 Å². The molecule has 0 bridgehead atoms. The smallest absolute Gasteiger partial charge is 0.264 e. The van der Waals surface area contributed by atoms with Crippen molar-refractivity contribution in [2.24, 2.45) is 0 Å². The van der Waals surface area contributed by atoms with Crippen LogP contribution in [0.2, 0.25) is 5.02 Å². The zero-order valence-electron chi connectivity index (χ0n) is 20.3. The molecular formula is C28H31ClN2O3S. The number of fused-ring (bicyclic) bond motifs is 1. The van der Waals surface area contributed by atoms with E-state index in [0.717, 1.165) is 28.3 Å².